The van der Waals surface area contributed by atoms with Crippen molar-refractivity contribution in [2.45, 2.75) is 160 Å². The topological polar surface area (TPSA) is 217 Å². The standard InChI is InChI=1S/C46H66O15/c1-23(2)20-55-40(52)25(4)46(54)35(19-32-30-13-12-28-18-29(48)14-16-44(28,6)31(30)15-17-45(32,46)7)59-43-39(58-26(5)47)37(34(50)22-57-43)61-42-38(36(51)33(49)21-56-42)60-41(53)27-10-8-24(3)9-11-27/h8-12,23,25,29-39,42-43,48-51,54H,13-22H2,1-7H3/t25-,29+,30?,31?,32?,33-,34+,35+,36+,37+,38-,39-,42+,43+,44+,45+,46-/m1/s1. The second-order valence-electron chi connectivity index (χ2n) is 19.5. The zero-order valence-corrected chi connectivity index (χ0v) is 36.4. The Hall–Kier alpha value is -2.99. The van der Waals surface area contributed by atoms with Gasteiger partial charge < -0.3 is 58.7 Å². The molecule has 1 aromatic rings. The molecule has 61 heavy (non-hydrogen) atoms. The van der Waals surface area contributed by atoms with Crippen molar-refractivity contribution >= 4 is 17.9 Å². The maximum absolute atomic E-state index is 13.9. The Morgan fingerprint density at radius 1 is 0.852 bits per heavy atom. The Balaban J connectivity index is 1.19. The number of benzene rings is 1. The summed E-state index contributed by atoms with van der Waals surface area (Å²) >= 11 is 0. The van der Waals surface area contributed by atoms with E-state index in [0.29, 0.717) is 19.3 Å². The van der Waals surface area contributed by atoms with E-state index in [1.165, 1.54) is 12.5 Å². The third kappa shape index (κ3) is 8.55. The quantitative estimate of drug-likeness (QED) is 0.122. The number of esters is 3. The first kappa shape index (κ1) is 46.0. The van der Waals surface area contributed by atoms with Gasteiger partial charge in [-0.3, -0.25) is 9.59 Å². The van der Waals surface area contributed by atoms with Gasteiger partial charge in [0, 0.05) is 12.3 Å². The summed E-state index contributed by atoms with van der Waals surface area (Å²) in [6.07, 6.45) is -6.38. The number of carbonyl (C=O) groups excluding carboxylic acids is 3. The molecular weight excluding hydrogens is 792 g/mol. The lowest BCUT2D eigenvalue weighted by Gasteiger charge is -2.59. The number of aryl methyl sites for hydroxylation is 1. The third-order valence-electron chi connectivity index (χ3n) is 15.2. The van der Waals surface area contributed by atoms with Crippen molar-refractivity contribution in [3.63, 3.8) is 0 Å². The van der Waals surface area contributed by atoms with Crippen LogP contribution in [0.4, 0.5) is 0 Å². The second kappa shape index (κ2) is 17.9. The van der Waals surface area contributed by atoms with Crippen molar-refractivity contribution in [2.75, 3.05) is 19.8 Å². The van der Waals surface area contributed by atoms with Gasteiger partial charge in [-0.15, -0.1) is 0 Å². The van der Waals surface area contributed by atoms with Crippen LogP contribution in [0.1, 0.15) is 102 Å². The molecule has 0 amide bonds. The molecule has 0 aromatic heterocycles. The largest absolute Gasteiger partial charge is 0.465 e. The van der Waals surface area contributed by atoms with Crippen LogP contribution in [0.2, 0.25) is 0 Å². The molecule has 340 valence electrons. The van der Waals surface area contributed by atoms with Crippen LogP contribution in [0.3, 0.4) is 0 Å². The molecule has 2 aliphatic heterocycles. The lowest BCUT2D eigenvalue weighted by Crippen LogP contribution is -2.64. The first-order chi connectivity index (χ1) is 28.8. The molecule has 3 unspecified atom stereocenters. The summed E-state index contributed by atoms with van der Waals surface area (Å²) in [5.74, 6) is -2.81. The highest BCUT2D eigenvalue weighted by Gasteiger charge is 2.71. The normalized spacial score (nSPS) is 42.6. The van der Waals surface area contributed by atoms with Gasteiger partial charge in [-0.2, -0.15) is 0 Å². The summed E-state index contributed by atoms with van der Waals surface area (Å²) in [6.45, 7) is 12.3. The SMILES string of the molecule is CC(=O)O[C@H]1[C@H](O[C@H]2CC3C4CC=C5C[C@@H](O)CC[C@]5(C)C4CC[C@]3(C)[C@@]2(O)[C@H](C)C(=O)OCC(C)C)OC[C@H](O)[C@@H]1O[C@@H]1OC[C@@H](O)[C@H](O)[C@H]1OC(=O)c1ccc(C)cc1. The highest BCUT2D eigenvalue weighted by Crippen LogP contribution is 2.69. The van der Waals surface area contributed by atoms with Crippen LogP contribution in [0.25, 0.3) is 0 Å². The minimum absolute atomic E-state index is 0.0601. The van der Waals surface area contributed by atoms with E-state index >= 15 is 0 Å². The molecule has 0 bridgehead atoms. The van der Waals surface area contributed by atoms with Crippen LogP contribution >= 0.6 is 0 Å². The zero-order chi connectivity index (χ0) is 44.2. The molecule has 2 saturated heterocycles. The number of fused-ring (bicyclic) bond motifs is 5. The summed E-state index contributed by atoms with van der Waals surface area (Å²) in [5, 5.41) is 56.9. The molecule has 6 aliphatic rings. The maximum atomic E-state index is 13.9. The minimum atomic E-state index is -1.79. The fourth-order valence-corrected chi connectivity index (χ4v) is 11.7. The molecule has 5 fully saturated rings. The van der Waals surface area contributed by atoms with Gasteiger partial charge in [0.25, 0.3) is 0 Å². The van der Waals surface area contributed by atoms with Crippen molar-refractivity contribution in [3.8, 4) is 0 Å². The molecule has 5 N–H and O–H groups in total. The maximum Gasteiger partial charge on any atom is 0.338 e. The van der Waals surface area contributed by atoms with Gasteiger partial charge in [-0.05, 0) is 100 Å². The van der Waals surface area contributed by atoms with Gasteiger partial charge in [0.2, 0.25) is 0 Å². The first-order valence-corrected chi connectivity index (χ1v) is 22.1. The fraction of sp³-hybridized carbons (Fsp3) is 0.761. The molecule has 15 nitrogen and oxygen atoms in total. The second-order valence-corrected chi connectivity index (χ2v) is 19.5. The Kier molecular flexibility index (Phi) is 13.5. The average Bonchev–Trinajstić information content (AvgIpc) is 3.44. The van der Waals surface area contributed by atoms with Crippen molar-refractivity contribution in [2.24, 2.45) is 40.4 Å². The molecule has 1 aromatic carbocycles. The van der Waals surface area contributed by atoms with Gasteiger partial charge in [0.1, 0.15) is 30.0 Å². The van der Waals surface area contributed by atoms with Crippen LogP contribution in [0.5, 0.6) is 0 Å². The summed E-state index contributed by atoms with van der Waals surface area (Å²) in [6, 6.07) is 6.54. The van der Waals surface area contributed by atoms with Crippen molar-refractivity contribution in [3.05, 3.63) is 47.0 Å². The molecule has 0 spiro atoms. The number of hydrogen-bond acceptors (Lipinski definition) is 15. The van der Waals surface area contributed by atoms with E-state index in [9.17, 15) is 39.9 Å². The van der Waals surface area contributed by atoms with E-state index in [1.807, 2.05) is 27.7 Å². The summed E-state index contributed by atoms with van der Waals surface area (Å²) < 4.78 is 42.1. The predicted molar refractivity (Wildman–Crippen MR) is 216 cm³/mol. The summed E-state index contributed by atoms with van der Waals surface area (Å²) in [5.41, 5.74) is -0.339. The smallest absolute Gasteiger partial charge is 0.338 e. The van der Waals surface area contributed by atoms with E-state index in [0.717, 1.165) is 31.2 Å². The van der Waals surface area contributed by atoms with E-state index in [4.69, 9.17) is 33.2 Å². The van der Waals surface area contributed by atoms with Gasteiger partial charge in [0.05, 0.1) is 43.5 Å². The molecule has 17 atom stereocenters. The molecule has 0 radical (unpaired) electrons. The highest BCUT2D eigenvalue weighted by molar-refractivity contribution is 5.89. The molecular formula is C46H66O15. The summed E-state index contributed by atoms with van der Waals surface area (Å²) in [4.78, 5) is 39.9. The zero-order valence-electron chi connectivity index (χ0n) is 36.4. The van der Waals surface area contributed by atoms with E-state index in [-0.39, 0.29) is 54.0 Å². The number of allylic oxidation sites excluding steroid dienone is 1. The van der Waals surface area contributed by atoms with Gasteiger partial charge in [0.15, 0.2) is 24.8 Å². The number of hydrogen-bond donors (Lipinski definition) is 5. The first-order valence-electron chi connectivity index (χ1n) is 22.1. The highest BCUT2D eigenvalue weighted by atomic mass is 16.8. The third-order valence-corrected chi connectivity index (χ3v) is 15.2. The number of aliphatic hydroxyl groups is 5. The Morgan fingerprint density at radius 3 is 2.20 bits per heavy atom. The summed E-state index contributed by atoms with van der Waals surface area (Å²) in [7, 11) is 0. The fourth-order valence-electron chi connectivity index (χ4n) is 11.7. The lowest BCUT2D eigenvalue weighted by molar-refractivity contribution is -0.345. The van der Waals surface area contributed by atoms with Crippen LogP contribution in [-0.2, 0) is 42.7 Å². The molecule has 2 heterocycles. The molecule has 7 rings (SSSR count). The molecule has 3 saturated carbocycles. The Labute approximate surface area is 358 Å². The van der Waals surface area contributed by atoms with E-state index < -0.39 is 96.8 Å². The van der Waals surface area contributed by atoms with Gasteiger partial charge >= 0.3 is 17.9 Å². The van der Waals surface area contributed by atoms with Gasteiger partial charge in [-0.25, -0.2) is 4.79 Å². The lowest BCUT2D eigenvalue weighted by atomic mass is 9.46. The van der Waals surface area contributed by atoms with Crippen LogP contribution < -0.4 is 0 Å². The molecule has 4 aliphatic carbocycles. The number of aliphatic hydroxyl groups excluding tert-OH is 4. The van der Waals surface area contributed by atoms with Crippen LogP contribution in [0, 0.1) is 47.3 Å². The number of carbonyl (C=O) groups is 3. The van der Waals surface area contributed by atoms with Gasteiger partial charge in [-0.1, -0.05) is 57.0 Å². The molecule has 15 heteroatoms. The van der Waals surface area contributed by atoms with Crippen LogP contribution in [-0.4, -0.2) is 130 Å². The monoisotopic (exact) mass is 858 g/mol. The minimum Gasteiger partial charge on any atom is -0.465 e. The van der Waals surface area contributed by atoms with Crippen molar-refractivity contribution in [1.82, 2.24) is 0 Å². The van der Waals surface area contributed by atoms with Crippen molar-refractivity contribution < 1.29 is 73.1 Å². The Morgan fingerprint density at radius 2 is 1.52 bits per heavy atom. The predicted octanol–water partition coefficient (Wildman–Crippen LogP) is 3.52. The van der Waals surface area contributed by atoms with Crippen molar-refractivity contribution in [1.29, 1.82) is 0 Å². The number of ether oxygens (including phenoxy) is 7. The van der Waals surface area contributed by atoms with E-state index in [2.05, 4.69) is 13.0 Å². The number of rotatable bonds is 11. The van der Waals surface area contributed by atoms with Crippen LogP contribution in [0.15, 0.2) is 35.9 Å². The Bertz CT molecular complexity index is 1780. The average molecular weight is 859 g/mol. The van der Waals surface area contributed by atoms with E-state index in [1.54, 1.807) is 31.2 Å².